The van der Waals surface area contributed by atoms with Gasteiger partial charge in [0.2, 0.25) is 0 Å². The van der Waals surface area contributed by atoms with Gasteiger partial charge in [-0.05, 0) is 98.2 Å². The van der Waals surface area contributed by atoms with Gasteiger partial charge in [-0.25, -0.2) is 4.79 Å². The predicted octanol–water partition coefficient (Wildman–Crippen LogP) is 9.88. The molecule has 0 amide bonds. The van der Waals surface area contributed by atoms with Crippen LogP contribution < -0.4 is 0 Å². The van der Waals surface area contributed by atoms with Crippen LogP contribution >= 0.6 is 0 Å². The fourth-order valence-corrected chi connectivity index (χ4v) is 9.03. The minimum atomic E-state index is -0.464. The highest BCUT2D eigenvalue weighted by molar-refractivity contribution is 5.60. The number of rotatable bonds is 11. The van der Waals surface area contributed by atoms with Gasteiger partial charge in [0.05, 0.1) is 6.61 Å². The lowest BCUT2D eigenvalue weighted by molar-refractivity contribution is -0.0564. The number of allylic oxidation sites excluding steroid dienone is 1. The molecule has 4 aliphatic rings. The summed E-state index contributed by atoms with van der Waals surface area (Å²) in [5.41, 5.74) is 2.47. The molecule has 4 rings (SSSR count). The Morgan fingerprint density at radius 2 is 1.78 bits per heavy atom. The van der Waals surface area contributed by atoms with Gasteiger partial charge in [0.1, 0.15) is 6.10 Å². The quantitative estimate of drug-likeness (QED) is 0.161. The van der Waals surface area contributed by atoms with Crippen LogP contribution in [0.1, 0.15) is 137 Å². The zero-order valence-electron chi connectivity index (χ0n) is 24.3. The number of unbranched alkanes of at least 4 members (excludes halogenated alkanes) is 5. The second-order valence-electron chi connectivity index (χ2n) is 13.9. The molecule has 7 atom stereocenters. The zero-order chi connectivity index (χ0) is 25.8. The van der Waals surface area contributed by atoms with Gasteiger partial charge in [-0.1, -0.05) is 84.8 Å². The van der Waals surface area contributed by atoms with E-state index in [-0.39, 0.29) is 6.10 Å². The summed E-state index contributed by atoms with van der Waals surface area (Å²) in [5.74, 6) is 4.10. The van der Waals surface area contributed by atoms with Crippen LogP contribution in [0.2, 0.25) is 0 Å². The standard InChI is InChI=1S/C33H56O3/c1-6-7-8-9-10-11-12-25-14-16-29-28-15-13-26-23-27(36-31(34)35-22-19-24(2)3)17-20-33(26,5)30(28)18-21-32(25,29)4/h13,24-25,27-30H,6-12,14-23H2,1-5H3/t25-,27+,28-,29-,30-,32-,33+/m1/s1. The van der Waals surface area contributed by atoms with E-state index in [0.717, 1.165) is 49.4 Å². The lowest BCUT2D eigenvalue weighted by atomic mass is 9.47. The number of ether oxygens (including phenoxy) is 2. The second-order valence-corrected chi connectivity index (χ2v) is 13.9. The minimum absolute atomic E-state index is 0.00512. The fraction of sp³-hybridized carbons (Fsp3) is 0.909. The van der Waals surface area contributed by atoms with E-state index in [1.54, 1.807) is 5.57 Å². The first kappa shape index (κ1) is 28.0. The molecule has 206 valence electrons. The summed E-state index contributed by atoms with van der Waals surface area (Å²) in [5, 5.41) is 0. The first-order valence-electron chi connectivity index (χ1n) is 15.8. The van der Waals surface area contributed by atoms with Gasteiger partial charge in [0.25, 0.3) is 0 Å². The van der Waals surface area contributed by atoms with Crippen LogP contribution in [0, 0.1) is 40.4 Å². The van der Waals surface area contributed by atoms with E-state index in [0.29, 0.717) is 23.4 Å². The number of fused-ring (bicyclic) bond motifs is 5. The van der Waals surface area contributed by atoms with E-state index in [2.05, 4.69) is 40.7 Å². The molecule has 0 aromatic heterocycles. The Labute approximate surface area is 222 Å². The number of carbonyl (C=O) groups is 1. The van der Waals surface area contributed by atoms with Crippen molar-refractivity contribution in [3.8, 4) is 0 Å². The monoisotopic (exact) mass is 500 g/mol. The third kappa shape index (κ3) is 6.01. The molecule has 3 nitrogen and oxygen atoms in total. The van der Waals surface area contributed by atoms with Crippen molar-refractivity contribution in [3.05, 3.63) is 11.6 Å². The zero-order valence-corrected chi connectivity index (χ0v) is 24.3. The average Bonchev–Trinajstić information content (AvgIpc) is 3.17. The lowest BCUT2D eigenvalue weighted by Crippen LogP contribution is -2.50. The highest BCUT2D eigenvalue weighted by Crippen LogP contribution is 2.66. The molecule has 0 unspecified atom stereocenters. The van der Waals surface area contributed by atoms with Crippen LogP contribution in [-0.2, 0) is 9.47 Å². The molecule has 0 spiro atoms. The molecule has 0 aliphatic heterocycles. The van der Waals surface area contributed by atoms with E-state index in [4.69, 9.17) is 9.47 Å². The molecule has 0 heterocycles. The van der Waals surface area contributed by atoms with E-state index in [1.165, 1.54) is 77.0 Å². The summed E-state index contributed by atoms with van der Waals surface area (Å²) in [7, 11) is 0. The first-order chi connectivity index (χ1) is 17.3. The second kappa shape index (κ2) is 12.2. The van der Waals surface area contributed by atoms with Crippen LogP contribution in [0.25, 0.3) is 0 Å². The summed E-state index contributed by atoms with van der Waals surface area (Å²) in [4.78, 5) is 12.2. The van der Waals surface area contributed by atoms with E-state index >= 15 is 0 Å². The largest absolute Gasteiger partial charge is 0.508 e. The van der Waals surface area contributed by atoms with Gasteiger partial charge in [0, 0.05) is 6.42 Å². The summed E-state index contributed by atoms with van der Waals surface area (Å²) in [6.45, 7) is 12.3. The first-order valence-corrected chi connectivity index (χ1v) is 15.8. The van der Waals surface area contributed by atoms with E-state index in [1.807, 2.05) is 0 Å². The van der Waals surface area contributed by atoms with Crippen LogP contribution in [0.15, 0.2) is 11.6 Å². The summed E-state index contributed by atoms with van der Waals surface area (Å²) < 4.78 is 11.1. The van der Waals surface area contributed by atoms with Crippen molar-refractivity contribution in [3.63, 3.8) is 0 Å². The molecule has 0 N–H and O–H groups in total. The highest BCUT2D eigenvalue weighted by atomic mass is 16.7. The minimum Gasteiger partial charge on any atom is -0.434 e. The maximum Gasteiger partial charge on any atom is 0.508 e. The summed E-state index contributed by atoms with van der Waals surface area (Å²) in [6.07, 6.45) is 23.1. The van der Waals surface area contributed by atoms with Crippen molar-refractivity contribution >= 4 is 6.16 Å². The Bertz CT molecular complexity index is 756. The van der Waals surface area contributed by atoms with Gasteiger partial charge in [0.15, 0.2) is 0 Å². The molecule has 0 aromatic rings. The Morgan fingerprint density at radius 3 is 2.56 bits per heavy atom. The summed E-state index contributed by atoms with van der Waals surface area (Å²) >= 11 is 0. The highest BCUT2D eigenvalue weighted by Gasteiger charge is 2.58. The molecule has 3 heteroatoms. The number of hydrogen-bond donors (Lipinski definition) is 0. The van der Waals surface area contributed by atoms with Crippen molar-refractivity contribution in [1.29, 1.82) is 0 Å². The van der Waals surface area contributed by atoms with Gasteiger partial charge in [-0.2, -0.15) is 0 Å². The Hall–Kier alpha value is -0.990. The molecule has 4 aliphatic carbocycles. The van der Waals surface area contributed by atoms with E-state index in [9.17, 15) is 4.79 Å². The van der Waals surface area contributed by atoms with E-state index < -0.39 is 6.16 Å². The van der Waals surface area contributed by atoms with Crippen molar-refractivity contribution in [2.24, 2.45) is 40.4 Å². The van der Waals surface area contributed by atoms with Crippen molar-refractivity contribution in [2.75, 3.05) is 6.61 Å². The van der Waals surface area contributed by atoms with Crippen molar-refractivity contribution in [2.45, 2.75) is 143 Å². The van der Waals surface area contributed by atoms with Gasteiger partial charge in [-0.3, -0.25) is 0 Å². The van der Waals surface area contributed by atoms with Crippen LogP contribution in [0.4, 0.5) is 4.79 Å². The molecule has 36 heavy (non-hydrogen) atoms. The lowest BCUT2D eigenvalue weighted by Gasteiger charge is -2.58. The van der Waals surface area contributed by atoms with Crippen LogP contribution in [0.3, 0.4) is 0 Å². The Kier molecular flexibility index (Phi) is 9.54. The number of hydrogen-bond acceptors (Lipinski definition) is 3. The molecular weight excluding hydrogens is 444 g/mol. The Morgan fingerprint density at radius 1 is 1.00 bits per heavy atom. The van der Waals surface area contributed by atoms with Crippen molar-refractivity contribution < 1.29 is 14.3 Å². The summed E-state index contributed by atoms with van der Waals surface area (Å²) in [6, 6.07) is 0. The van der Waals surface area contributed by atoms with Crippen LogP contribution in [0.5, 0.6) is 0 Å². The van der Waals surface area contributed by atoms with Gasteiger partial charge >= 0.3 is 6.16 Å². The topological polar surface area (TPSA) is 35.5 Å². The number of carbonyl (C=O) groups excluding carboxylic acids is 1. The fourth-order valence-electron chi connectivity index (χ4n) is 9.03. The molecule has 0 bridgehead atoms. The predicted molar refractivity (Wildman–Crippen MR) is 149 cm³/mol. The Balaban J connectivity index is 1.32. The maximum absolute atomic E-state index is 12.2. The van der Waals surface area contributed by atoms with Crippen LogP contribution in [-0.4, -0.2) is 18.9 Å². The van der Waals surface area contributed by atoms with Crippen molar-refractivity contribution in [1.82, 2.24) is 0 Å². The SMILES string of the molecule is CCCCCCCC[C@@H]1CC[C@@H]2[C@H]3CC=C4C[C@@H](OC(=O)OCCC(C)C)CC[C@]4(C)[C@@H]3CC[C@]12C. The average molecular weight is 501 g/mol. The maximum atomic E-state index is 12.2. The molecule has 3 saturated carbocycles. The molecule has 3 fully saturated rings. The third-order valence-electron chi connectivity index (χ3n) is 11.3. The molecular formula is C33H56O3. The third-order valence-corrected chi connectivity index (χ3v) is 11.3. The molecule has 0 aromatic carbocycles. The molecule has 0 radical (unpaired) electrons. The van der Waals surface area contributed by atoms with Gasteiger partial charge in [-0.15, -0.1) is 0 Å². The van der Waals surface area contributed by atoms with Gasteiger partial charge < -0.3 is 9.47 Å². The smallest absolute Gasteiger partial charge is 0.434 e. The molecule has 0 saturated heterocycles. The normalized spacial score (nSPS) is 37.6.